The fourth-order valence-corrected chi connectivity index (χ4v) is 5.71. The maximum Gasteiger partial charge on any atom is 0.253 e. The molecule has 170 valence electrons. The van der Waals surface area contributed by atoms with Gasteiger partial charge in [0.2, 0.25) is 0 Å². The van der Waals surface area contributed by atoms with Gasteiger partial charge in [-0.15, -0.1) is 5.10 Å². The molecule has 1 aliphatic heterocycles. The van der Waals surface area contributed by atoms with Gasteiger partial charge in [-0.2, -0.15) is 0 Å². The number of rotatable bonds is 4. The molecule has 0 unspecified atom stereocenters. The van der Waals surface area contributed by atoms with Gasteiger partial charge in [-0.3, -0.25) is 9.69 Å². The van der Waals surface area contributed by atoms with E-state index in [9.17, 15) is 4.79 Å². The molecule has 1 atom stereocenters. The van der Waals surface area contributed by atoms with E-state index in [1.807, 2.05) is 4.68 Å². The number of hydrogen-bond acceptors (Lipinski definition) is 5. The summed E-state index contributed by atoms with van der Waals surface area (Å²) in [5.74, 6) is 0.827. The van der Waals surface area contributed by atoms with Crippen molar-refractivity contribution in [2.45, 2.75) is 83.7 Å². The number of aromatic amines is 1. The first kappa shape index (κ1) is 21.3. The summed E-state index contributed by atoms with van der Waals surface area (Å²) < 4.78 is 2.04. The number of pyridine rings is 1. The van der Waals surface area contributed by atoms with Crippen LogP contribution in [0.1, 0.15) is 92.4 Å². The molecule has 1 saturated carbocycles. The number of aromatic nitrogens is 5. The highest BCUT2D eigenvalue weighted by molar-refractivity contribution is 5.83. The number of fused-ring (bicyclic) bond motifs is 1. The molecule has 0 bridgehead atoms. The predicted molar refractivity (Wildman–Crippen MR) is 126 cm³/mol. The third-order valence-corrected chi connectivity index (χ3v) is 7.33. The number of H-pyrrole nitrogens is 1. The van der Waals surface area contributed by atoms with Crippen molar-refractivity contribution in [3.05, 3.63) is 51.1 Å². The second kappa shape index (κ2) is 9.14. The van der Waals surface area contributed by atoms with Gasteiger partial charge in [-0.05, 0) is 86.3 Å². The Bertz CT molecular complexity index is 1140. The zero-order valence-corrected chi connectivity index (χ0v) is 19.3. The SMILES string of the molecule is Cc1cc(C)c2cc([C@@H](c3nnnn3C3CCCCC3)N3CCCCCC3)c(=O)[nH]c2c1. The lowest BCUT2D eigenvalue weighted by atomic mass is 9.95. The molecule has 32 heavy (non-hydrogen) atoms. The summed E-state index contributed by atoms with van der Waals surface area (Å²) in [4.78, 5) is 19.1. The maximum absolute atomic E-state index is 13.4. The van der Waals surface area contributed by atoms with Gasteiger partial charge in [0.15, 0.2) is 5.82 Å². The van der Waals surface area contributed by atoms with Crippen LogP contribution < -0.4 is 5.56 Å². The number of likely N-dealkylation sites (tertiary alicyclic amines) is 1. The van der Waals surface area contributed by atoms with Gasteiger partial charge < -0.3 is 4.98 Å². The van der Waals surface area contributed by atoms with E-state index in [4.69, 9.17) is 0 Å². The van der Waals surface area contributed by atoms with Crippen LogP contribution >= 0.6 is 0 Å². The molecule has 2 fully saturated rings. The Morgan fingerprint density at radius 2 is 1.69 bits per heavy atom. The highest BCUT2D eigenvalue weighted by Crippen LogP contribution is 2.34. The normalized spacial score (nSPS) is 19.8. The number of nitrogens with zero attached hydrogens (tertiary/aromatic N) is 5. The number of benzene rings is 1. The monoisotopic (exact) mass is 434 g/mol. The maximum atomic E-state index is 13.4. The second-order valence-corrected chi connectivity index (χ2v) is 9.72. The van der Waals surface area contributed by atoms with Crippen molar-refractivity contribution in [1.29, 1.82) is 0 Å². The first-order valence-corrected chi connectivity index (χ1v) is 12.3. The van der Waals surface area contributed by atoms with Crippen molar-refractivity contribution < 1.29 is 0 Å². The van der Waals surface area contributed by atoms with Gasteiger partial charge in [-0.1, -0.05) is 38.2 Å². The lowest BCUT2D eigenvalue weighted by Crippen LogP contribution is -2.36. The molecular formula is C25H34N6O. The van der Waals surface area contributed by atoms with Crippen LogP contribution in [0.15, 0.2) is 23.0 Å². The number of hydrogen-bond donors (Lipinski definition) is 1. The number of nitrogens with one attached hydrogen (secondary N) is 1. The van der Waals surface area contributed by atoms with Crippen molar-refractivity contribution in [2.24, 2.45) is 0 Å². The standard InChI is InChI=1S/C25H34N6O/c1-17-14-18(2)20-16-21(25(32)26-22(20)15-17)23(30-12-8-3-4-9-13-30)24-27-28-29-31(24)19-10-6-5-7-11-19/h14-16,19,23H,3-13H2,1-2H3,(H,26,32)/t23-/m0/s1. The first-order chi connectivity index (χ1) is 15.6. The lowest BCUT2D eigenvalue weighted by molar-refractivity contribution is 0.210. The molecule has 3 heterocycles. The molecule has 2 aromatic heterocycles. The Morgan fingerprint density at radius 3 is 2.44 bits per heavy atom. The molecule has 1 saturated heterocycles. The topological polar surface area (TPSA) is 79.7 Å². The number of aryl methyl sites for hydroxylation is 2. The summed E-state index contributed by atoms with van der Waals surface area (Å²) in [7, 11) is 0. The van der Waals surface area contributed by atoms with Gasteiger partial charge in [0, 0.05) is 16.5 Å². The molecule has 2 aliphatic rings. The van der Waals surface area contributed by atoms with Crippen molar-refractivity contribution >= 4 is 10.9 Å². The molecule has 5 rings (SSSR count). The molecular weight excluding hydrogens is 400 g/mol. The molecule has 1 aromatic carbocycles. The van der Waals surface area contributed by atoms with E-state index in [0.717, 1.165) is 66.6 Å². The van der Waals surface area contributed by atoms with Crippen LogP contribution in [0.4, 0.5) is 0 Å². The smallest absolute Gasteiger partial charge is 0.253 e. The number of tetrazole rings is 1. The Kier molecular flexibility index (Phi) is 6.09. The van der Waals surface area contributed by atoms with Crippen LogP contribution in [0.25, 0.3) is 10.9 Å². The third kappa shape index (κ3) is 4.10. The van der Waals surface area contributed by atoms with Crippen LogP contribution in [0.3, 0.4) is 0 Å². The van der Waals surface area contributed by atoms with E-state index in [2.05, 4.69) is 57.5 Å². The van der Waals surface area contributed by atoms with Crippen molar-refractivity contribution in [3.8, 4) is 0 Å². The van der Waals surface area contributed by atoms with Crippen LogP contribution in [0.2, 0.25) is 0 Å². The highest BCUT2D eigenvalue weighted by Gasteiger charge is 2.33. The van der Waals surface area contributed by atoms with E-state index in [1.165, 1.54) is 37.7 Å². The minimum Gasteiger partial charge on any atom is -0.322 e. The van der Waals surface area contributed by atoms with E-state index >= 15 is 0 Å². The minimum atomic E-state index is -0.223. The quantitative estimate of drug-likeness (QED) is 0.649. The largest absolute Gasteiger partial charge is 0.322 e. The zero-order valence-electron chi connectivity index (χ0n) is 19.3. The van der Waals surface area contributed by atoms with E-state index in [0.29, 0.717) is 6.04 Å². The highest BCUT2D eigenvalue weighted by atomic mass is 16.1. The predicted octanol–water partition coefficient (Wildman–Crippen LogP) is 4.60. The van der Waals surface area contributed by atoms with Crippen LogP contribution in [-0.4, -0.2) is 43.2 Å². The molecule has 7 nitrogen and oxygen atoms in total. The Morgan fingerprint density at radius 1 is 0.969 bits per heavy atom. The Balaban J connectivity index is 1.66. The Labute approximate surface area is 189 Å². The minimum absolute atomic E-state index is 0.0325. The summed E-state index contributed by atoms with van der Waals surface area (Å²) in [6.07, 6.45) is 10.7. The molecule has 1 aliphatic carbocycles. The Hall–Kier alpha value is -2.54. The van der Waals surface area contributed by atoms with Crippen LogP contribution in [-0.2, 0) is 0 Å². The summed E-state index contributed by atoms with van der Waals surface area (Å²) in [6.45, 7) is 6.11. The first-order valence-electron chi connectivity index (χ1n) is 12.3. The molecule has 0 radical (unpaired) electrons. The van der Waals surface area contributed by atoms with Gasteiger partial charge >= 0.3 is 0 Å². The van der Waals surface area contributed by atoms with E-state index in [-0.39, 0.29) is 11.6 Å². The van der Waals surface area contributed by atoms with Crippen LogP contribution in [0.5, 0.6) is 0 Å². The van der Waals surface area contributed by atoms with Gasteiger partial charge in [-0.25, -0.2) is 4.68 Å². The second-order valence-electron chi connectivity index (χ2n) is 9.72. The van der Waals surface area contributed by atoms with Gasteiger partial charge in [0.1, 0.15) is 6.04 Å². The lowest BCUT2D eigenvalue weighted by Gasteiger charge is -2.31. The molecule has 1 N–H and O–H groups in total. The third-order valence-electron chi connectivity index (χ3n) is 7.33. The zero-order chi connectivity index (χ0) is 22.1. The molecule has 0 amide bonds. The molecule has 0 spiro atoms. The summed E-state index contributed by atoms with van der Waals surface area (Å²) >= 11 is 0. The van der Waals surface area contributed by atoms with Crippen molar-refractivity contribution in [3.63, 3.8) is 0 Å². The van der Waals surface area contributed by atoms with Crippen LogP contribution in [0, 0.1) is 13.8 Å². The fourth-order valence-electron chi connectivity index (χ4n) is 5.71. The van der Waals surface area contributed by atoms with Gasteiger partial charge in [0.25, 0.3) is 5.56 Å². The summed E-state index contributed by atoms with van der Waals surface area (Å²) in [5.41, 5.74) is 3.97. The van der Waals surface area contributed by atoms with E-state index in [1.54, 1.807) is 0 Å². The fraction of sp³-hybridized carbons (Fsp3) is 0.600. The average molecular weight is 435 g/mol. The van der Waals surface area contributed by atoms with Gasteiger partial charge in [0.05, 0.1) is 6.04 Å². The summed E-state index contributed by atoms with van der Waals surface area (Å²) in [5, 5.41) is 14.2. The van der Waals surface area contributed by atoms with Crippen molar-refractivity contribution in [1.82, 2.24) is 30.1 Å². The van der Waals surface area contributed by atoms with E-state index < -0.39 is 0 Å². The van der Waals surface area contributed by atoms with Crippen molar-refractivity contribution in [2.75, 3.05) is 13.1 Å². The average Bonchev–Trinajstić information content (AvgIpc) is 3.10. The molecule has 7 heteroatoms. The molecule has 3 aromatic rings. The summed E-state index contributed by atoms with van der Waals surface area (Å²) in [6, 6.07) is 6.43.